The maximum absolute atomic E-state index is 12.4. The first kappa shape index (κ1) is 27.8. The van der Waals surface area contributed by atoms with Crippen molar-refractivity contribution in [1.82, 2.24) is 25.1 Å². The van der Waals surface area contributed by atoms with Crippen molar-refractivity contribution in [2.75, 3.05) is 50.1 Å². The first-order chi connectivity index (χ1) is 19.8. The number of carbonyl (C=O) groups excluding carboxylic acids is 1. The molecule has 12 heteroatoms. The first-order valence-corrected chi connectivity index (χ1v) is 13.3. The van der Waals surface area contributed by atoms with Gasteiger partial charge >= 0.3 is 6.03 Å². The second-order valence-corrected chi connectivity index (χ2v) is 10.6. The summed E-state index contributed by atoms with van der Waals surface area (Å²) < 4.78 is 18.0. The van der Waals surface area contributed by atoms with Crippen LogP contribution in [0.15, 0.2) is 59.1 Å². The summed E-state index contributed by atoms with van der Waals surface area (Å²) in [6.45, 7) is 10.8. The molecule has 0 bridgehead atoms. The number of aromatic nitrogens is 4. The number of morpholine rings is 1. The Kier molecular flexibility index (Phi) is 8.28. The molecule has 3 heterocycles. The molecule has 5 rings (SSSR count). The zero-order valence-corrected chi connectivity index (χ0v) is 23.3. The van der Waals surface area contributed by atoms with Gasteiger partial charge in [-0.05, 0) is 36.4 Å². The van der Waals surface area contributed by atoms with Crippen LogP contribution in [0.5, 0.6) is 5.75 Å². The third-order valence-electron chi connectivity index (χ3n) is 6.54. The van der Waals surface area contributed by atoms with Crippen LogP contribution in [-0.2, 0) is 10.2 Å². The van der Waals surface area contributed by atoms with E-state index >= 15 is 0 Å². The van der Waals surface area contributed by atoms with Gasteiger partial charge in [-0.1, -0.05) is 43.3 Å². The average Bonchev–Trinajstić information content (AvgIpc) is 3.62. The first-order valence-electron chi connectivity index (χ1n) is 13.3. The molecule has 212 valence electrons. The quantitative estimate of drug-likeness (QED) is 0.322. The van der Waals surface area contributed by atoms with E-state index in [1.54, 1.807) is 30.3 Å². The highest BCUT2D eigenvalue weighted by atomic mass is 16.5. The SMILES string of the molecule is CC(C)(C)c1cc(NC(=O)Nc2ccc(-c3nnn(-c4ccc(OCCN5CCOCC5)cc4)c3C#N)cc2)no1. The molecule has 1 saturated heterocycles. The van der Waals surface area contributed by atoms with Gasteiger partial charge in [-0.25, -0.2) is 9.48 Å². The van der Waals surface area contributed by atoms with Crippen LogP contribution >= 0.6 is 0 Å². The van der Waals surface area contributed by atoms with E-state index in [0.29, 0.717) is 46.5 Å². The number of nitriles is 1. The molecule has 0 atom stereocenters. The van der Waals surface area contributed by atoms with E-state index in [2.05, 4.69) is 37.1 Å². The van der Waals surface area contributed by atoms with Crippen LogP contribution in [0.2, 0.25) is 0 Å². The lowest BCUT2D eigenvalue weighted by Gasteiger charge is -2.26. The lowest BCUT2D eigenvalue weighted by Crippen LogP contribution is -2.38. The summed E-state index contributed by atoms with van der Waals surface area (Å²) in [7, 11) is 0. The second kappa shape index (κ2) is 12.2. The van der Waals surface area contributed by atoms with Gasteiger partial charge in [0.25, 0.3) is 0 Å². The number of hydrogen-bond donors (Lipinski definition) is 2. The Morgan fingerprint density at radius 2 is 1.80 bits per heavy atom. The fourth-order valence-corrected chi connectivity index (χ4v) is 4.24. The van der Waals surface area contributed by atoms with Gasteiger partial charge in [-0.3, -0.25) is 10.2 Å². The van der Waals surface area contributed by atoms with Crippen LogP contribution in [0, 0.1) is 11.3 Å². The van der Waals surface area contributed by atoms with Crippen molar-refractivity contribution in [3.63, 3.8) is 0 Å². The summed E-state index contributed by atoms with van der Waals surface area (Å²) in [4.78, 5) is 14.7. The molecule has 0 radical (unpaired) electrons. The van der Waals surface area contributed by atoms with Crippen molar-refractivity contribution < 1.29 is 18.8 Å². The van der Waals surface area contributed by atoms with Gasteiger partial charge in [0.2, 0.25) is 0 Å². The van der Waals surface area contributed by atoms with Crippen LogP contribution in [0.25, 0.3) is 16.9 Å². The molecule has 1 aliphatic heterocycles. The third-order valence-corrected chi connectivity index (χ3v) is 6.54. The van der Waals surface area contributed by atoms with E-state index in [0.717, 1.165) is 38.6 Å². The van der Waals surface area contributed by atoms with Gasteiger partial charge < -0.3 is 19.3 Å². The number of benzene rings is 2. The number of hydrogen-bond acceptors (Lipinski definition) is 9. The minimum absolute atomic E-state index is 0.218. The molecular weight excluding hydrogens is 524 g/mol. The van der Waals surface area contributed by atoms with Crippen LogP contribution in [0.4, 0.5) is 16.3 Å². The molecule has 0 aliphatic carbocycles. The summed E-state index contributed by atoms with van der Waals surface area (Å²) in [5, 5.41) is 27.7. The lowest BCUT2D eigenvalue weighted by molar-refractivity contribution is 0.0322. The number of carbonyl (C=O) groups is 1. The largest absolute Gasteiger partial charge is 0.492 e. The maximum Gasteiger partial charge on any atom is 0.324 e. The molecule has 0 spiro atoms. The van der Waals surface area contributed by atoms with Crippen molar-refractivity contribution in [2.45, 2.75) is 26.2 Å². The number of rotatable bonds is 8. The Balaban J connectivity index is 1.20. The van der Waals surface area contributed by atoms with Gasteiger partial charge in [-0.15, -0.1) is 5.10 Å². The molecule has 4 aromatic rings. The lowest BCUT2D eigenvalue weighted by atomic mass is 9.93. The highest BCUT2D eigenvalue weighted by Crippen LogP contribution is 2.26. The van der Waals surface area contributed by atoms with Gasteiger partial charge in [0.15, 0.2) is 11.5 Å². The molecular formula is C29H32N8O4. The predicted molar refractivity (Wildman–Crippen MR) is 152 cm³/mol. The predicted octanol–water partition coefficient (Wildman–Crippen LogP) is 4.45. The molecule has 1 aliphatic rings. The average molecular weight is 557 g/mol. The van der Waals surface area contributed by atoms with Crippen molar-refractivity contribution in [2.24, 2.45) is 0 Å². The number of amides is 2. The smallest absolute Gasteiger partial charge is 0.324 e. The van der Waals surface area contributed by atoms with E-state index in [-0.39, 0.29) is 5.41 Å². The number of nitrogens with zero attached hydrogens (tertiary/aromatic N) is 6. The van der Waals surface area contributed by atoms with E-state index in [1.165, 1.54) is 4.68 Å². The zero-order chi connectivity index (χ0) is 28.8. The summed E-state index contributed by atoms with van der Waals surface area (Å²) in [5.41, 5.74) is 2.45. The maximum atomic E-state index is 12.4. The molecule has 0 unspecified atom stereocenters. The minimum Gasteiger partial charge on any atom is -0.492 e. The standard InChI is InChI=1S/C29H32N8O4/c1-29(2,3)25-18-26(34-41-25)32-28(38)31-21-6-4-20(5-7-21)27-24(19-30)37(35-33-27)22-8-10-23(11-9-22)40-17-14-36-12-15-39-16-13-36/h4-11,18H,12-17H2,1-3H3,(H2,31,32,34,38). The Morgan fingerprint density at radius 3 is 2.46 bits per heavy atom. The van der Waals surface area contributed by atoms with Gasteiger partial charge in [-0.2, -0.15) is 5.26 Å². The normalized spacial score (nSPS) is 13.9. The highest BCUT2D eigenvalue weighted by Gasteiger charge is 2.21. The third kappa shape index (κ3) is 6.89. The second-order valence-electron chi connectivity index (χ2n) is 10.6. The van der Waals surface area contributed by atoms with Crippen molar-refractivity contribution in [3.8, 4) is 28.8 Å². The topological polar surface area (TPSA) is 143 Å². The minimum atomic E-state index is -0.455. The number of urea groups is 1. The van der Waals surface area contributed by atoms with Gasteiger partial charge in [0, 0.05) is 42.4 Å². The van der Waals surface area contributed by atoms with E-state index in [1.807, 2.05) is 45.0 Å². The Morgan fingerprint density at radius 1 is 1.07 bits per heavy atom. The summed E-state index contributed by atoms with van der Waals surface area (Å²) in [6, 6.07) is 17.8. The van der Waals surface area contributed by atoms with E-state index in [9.17, 15) is 10.1 Å². The molecule has 2 amide bonds. The van der Waals surface area contributed by atoms with Crippen molar-refractivity contribution in [3.05, 3.63) is 66.1 Å². The zero-order valence-electron chi connectivity index (χ0n) is 23.3. The summed E-state index contributed by atoms with van der Waals surface area (Å²) >= 11 is 0. The Labute approximate surface area is 237 Å². The summed E-state index contributed by atoms with van der Waals surface area (Å²) in [5.74, 6) is 1.74. The number of anilines is 2. The monoisotopic (exact) mass is 556 g/mol. The van der Waals surface area contributed by atoms with Crippen LogP contribution in [-0.4, -0.2) is 70.5 Å². The fourth-order valence-electron chi connectivity index (χ4n) is 4.24. The molecule has 2 aromatic heterocycles. The van der Waals surface area contributed by atoms with Gasteiger partial charge in [0.1, 0.15) is 29.9 Å². The Hall–Kier alpha value is -4.73. The van der Waals surface area contributed by atoms with E-state index < -0.39 is 6.03 Å². The molecule has 2 N–H and O–H groups in total. The van der Waals surface area contributed by atoms with Crippen LogP contribution in [0.3, 0.4) is 0 Å². The number of nitrogens with one attached hydrogen (secondary N) is 2. The van der Waals surface area contributed by atoms with Crippen LogP contribution in [0.1, 0.15) is 32.2 Å². The molecule has 1 fully saturated rings. The van der Waals surface area contributed by atoms with Crippen molar-refractivity contribution >= 4 is 17.5 Å². The highest BCUT2D eigenvalue weighted by molar-refractivity contribution is 5.99. The molecule has 41 heavy (non-hydrogen) atoms. The summed E-state index contributed by atoms with van der Waals surface area (Å²) in [6.07, 6.45) is 0. The Bertz CT molecular complexity index is 1510. The molecule has 0 saturated carbocycles. The molecule has 2 aromatic carbocycles. The molecule has 12 nitrogen and oxygen atoms in total. The van der Waals surface area contributed by atoms with Crippen molar-refractivity contribution in [1.29, 1.82) is 5.26 Å². The van der Waals surface area contributed by atoms with Crippen LogP contribution < -0.4 is 15.4 Å². The number of ether oxygens (including phenoxy) is 2. The van der Waals surface area contributed by atoms with E-state index in [4.69, 9.17) is 14.0 Å². The van der Waals surface area contributed by atoms with Gasteiger partial charge in [0.05, 0.1) is 18.9 Å². The fraction of sp³-hybridized carbons (Fsp3) is 0.345.